The van der Waals surface area contributed by atoms with E-state index in [4.69, 9.17) is 9.84 Å². The Labute approximate surface area is 78.1 Å². The van der Waals surface area contributed by atoms with Crippen LogP contribution in [0.5, 0.6) is 5.88 Å². The summed E-state index contributed by atoms with van der Waals surface area (Å²) in [4.78, 5) is 0. The van der Waals surface area contributed by atoms with Crippen molar-refractivity contribution >= 4 is 0 Å². The summed E-state index contributed by atoms with van der Waals surface area (Å²) >= 11 is 0. The zero-order valence-electron chi connectivity index (χ0n) is 8.32. The molecule has 0 aromatic carbocycles. The smallest absolute Gasteiger partial charge is 0.235 e. The van der Waals surface area contributed by atoms with Crippen LogP contribution in [-0.4, -0.2) is 27.6 Å². The molecule has 0 spiro atoms. The van der Waals surface area contributed by atoms with Gasteiger partial charge in [-0.15, -0.1) is 5.10 Å². The molecule has 0 saturated carbocycles. The fourth-order valence-corrected chi connectivity index (χ4v) is 1.06. The summed E-state index contributed by atoms with van der Waals surface area (Å²) in [6, 6.07) is 0. The number of aromatic nitrogens is 2. The van der Waals surface area contributed by atoms with Gasteiger partial charge in [-0.3, -0.25) is 4.68 Å². The number of aliphatic hydroxyl groups is 1. The van der Waals surface area contributed by atoms with Crippen LogP contribution in [0.2, 0.25) is 0 Å². The molecule has 0 aliphatic rings. The van der Waals surface area contributed by atoms with Gasteiger partial charge >= 0.3 is 0 Å². The number of hydrogen-bond donors (Lipinski definition) is 1. The molecule has 4 heteroatoms. The highest BCUT2D eigenvalue weighted by Crippen LogP contribution is 2.15. The second-order valence-electron chi connectivity index (χ2n) is 3.27. The molecule has 1 aromatic heterocycles. The van der Waals surface area contributed by atoms with Crippen molar-refractivity contribution in [2.45, 2.75) is 33.4 Å². The van der Waals surface area contributed by atoms with Gasteiger partial charge in [0.05, 0.1) is 19.3 Å². The molecule has 1 N–H and O–H groups in total. The highest BCUT2D eigenvalue weighted by atomic mass is 16.5. The molecule has 13 heavy (non-hydrogen) atoms. The summed E-state index contributed by atoms with van der Waals surface area (Å²) in [5.41, 5.74) is 1.00. The van der Waals surface area contributed by atoms with Gasteiger partial charge in [0.15, 0.2) is 0 Å². The third kappa shape index (κ3) is 2.73. The Bertz CT molecular complexity index is 269. The van der Waals surface area contributed by atoms with Crippen molar-refractivity contribution in [1.82, 2.24) is 9.78 Å². The minimum atomic E-state index is 0.0994. The summed E-state index contributed by atoms with van der Waals surface area (Å²) in [6.07, 6.45) is 2.00. The van der Waals surface area contributed by atoms with E-state index in [1.165, 1.54) is 0 Å². The molecule has 0 saturated heterocycles. The minimum Gasteiger partial charge on any atom is -0.474 e. The Balaban J connectivity index is 2.71. The molecular weight excluding hydrogens is 168 g/mol. The monoisotopic (exact) mass is 184 g/mol. The van der Waals surface area contributed by atoms with Crippen LogP contribution in [0.4, 0.5) is 0 Å². The van der Waals surface area contributed by atoms with E-state index >= 15 is 0 Å². The Morgan fingerprint density at radius 3 is 2.85 bits per heavy atom. The molecule has 0 bridgehead atoms. The number of aliphatic hydroxyl groups excluding tert-OH is 1. The third-order valence-electron chi connectivity index (χ3n) is 1.58. The average Bonchev–Trinajstić information content (AvgIpc) is 2.31. The summed E-state index contributed by atoms with van der Waals surface area (Å²) in [6.45, 7) is 6.48. The number of aryl methyl sites for hydroxylation is 1. The Morgan fingerprint density at radius 2 is 2.31 bits per heavy atom. The second-order valence-corrected chi connectivity index (χ2v) is 3.27. The van der Waals surface area contributed by atoms with Gasteiger partial charge in [0.2, 0.25) is 5.88 Å². The van der Waals surface area contributed by atoms with Gasteiger partial charge in [-0.1, -0.05) is 0 Å². The summed E-state index contributed by atoms with van der Waals surface area (Å²) < 4.78 is 7.15. The predicted molar refractivity (Wildman–Crippen MR) is 49.8 cm³/mol. The number of ether oxygens (including phenoxy) is 1. The summed E-state index contributed by atoms with van der Waals surface area (Å²) in [5.74, 6) is 0.656. The van der Waals surface area contributed by atoms with Crippen LogP contribution in [-0.2, 0) is 6.54 Å². The van der Waals surface area contributed by atoms with Crippen molar-refractivity contribution in [2.75, 3.05) is 6.61 Å². The number of nitrogens with zero attached hydrogens (tertiary/aromatic N) is 2. The van der Waals surface area contributed by atoms with Gasteiger partial charge < -0.3 is 9.84 Å². The Morgan fingerprint density at radius 1 is 1.62 bits per heavy atom. The van der Waals surface area contributed by atoms with Crippen LogP contribution in [0.3, 0.4) is 0 Å². The zero-order chi connectivity index (χ0) is 9.84. The van der Waals surface area contributed by atoms with Gasteiger partial charge in [0.1, 0.15) is 0 Å². The lowest BCUT2D eigenvalue weighted by atomic mass is 10.4. The predicted octanol–water partition coefficient (Wildman–Crippen LogP) is 0.971. The minimum absolute atomic E-state index is 0.0994. The van der Waals surface area contributed by atoms with Crippen molar-refractivity contribution in [3.8, 4) is 5.88 Å². The fourth-order valence-electron chi connectivity index (χ4n) is 1.06. The maximum absolute atomic E-state index is 8.70. The zero-order valence-corrected chi connectivity index (χ0v) is 8.32. The number of hydrogen-bond acceptors (Lipinski definition) is 3. The Hall–Kier alpha value is -1.03. The largest absolute Gasteiger partial charge is 0.474 e. The molecule has 0 fully saturated rings. The van der Waals surface area contributed by atoms with Crippen molar-refractivity contribution < 1.29 is 9.84 Å². The molecule has 0 radical (unpaired) electrons. The lowest BCUT2D eigenvalue weighted by Gasteiger charge is -2.06. The maximum Gasteiger partial charge on any atom is 0.235 e. The topological polar surface area (TPSA) is 47.3 Å². The van der Waals surface area contributed by atoms with Crippen LogP contribution in [0.1, 0.15) is 19.4 Å². The van der Waals surface area contributed by atoms with Crippen molar-refractivity contribution in [3.05, 3.63) is 11.8 Å². The quantitative estimate of drug-likeness (QED) is 0.758. The summed E-state index contributed by atoms with van der Waals surface area (Å²) in [7, 11) is 0. The van der Waals surface area contributed by atoms with E-state index in [-0.39, 0.29) is 12.7 Å². The first-order valence-electron chi connectivity index (χ1n) is 4.45. The van der Waals surface area contributed by atoms with Crippen LogP contribution in [0, 0.1) is 6.92 Å². The maximum atomic E-state index is 8.70. The first-order valence-corrected chi connectivity index (χ1v) is 4.45. The molecule has 0 unspecified atom stereocenters. The first-order chi connectivity index (χ1) is 6.13. The molecule has 0 atom stereocenters. The lowest BCUT2D eigenvalue weighted by molar-refractivity contribution is 0.224. The van der Waals surface area contributed by atoms with Crippen LogP contribution >= 0.6 is 0 Å². The van der Waals surface area contributed by atoms with E-state index in [0.717, 1.165) is 5.56 Å². The van der Waals surface area contributed by atoms with E-state index in [1.54, 1.807) is 4.68 Å². The van der Waals surface area contributed by atoms with E-state index in [2.05, 4.69) is 5.10 Å². The molecule has 0 amide bonds. The summed E-state index contributed by atoms with van der Waals surface area (Å²) in [5, 5.41) is 12.9. The molecule has 4 nitrogen and oxygen atoms in total. The Kier molecular flexibility index (Phi) is 3.31. The van der Waals surface area contributed by atoms with Gasteiger partial charge in [0, 0.05) is 11.8 Å². The molecule has 1 rings (SSSR count). The lowest BCUT2D eigenvalue weighted by Crippen LogP contribution is -2.08. The van der Waals surface area contributed by atoms with E-state index in [9.17, 15) is 0 Å². The molecule has 1 heterocycles. The highest BCUT2D eigenvalue weighted by Gasteiger charge is 2.06. The number of rotatable bonds is 4. The SMILES string of the molecule is Cc1cn(CCO)nc1OC(C)C. The van der Waals surface area contributed by atoms with Crippen molar-refractivity contribution in [1.29, 1.82) is 0 Å². The first kappa shape index (κ1) is 10.1. The van der Waals surface area contributed by atoms with E-state index in [0.29, 0.717) is 12.4 Å². The van der Waals surface area contributed by atoms with E-state index in [1.807, 2.05) is 27.0 Å². The van der Waals surface area contributed by atoms with Gasteiger partial charge in [-0.05, 0) is 20.8 Å². The third-order valence-corrected chi connectivity index (χ3v) is 1.58. The molecule has 74 valence electrons. The van der Waals surface area contributed by atoms with Crippen LogP contribution in [0.25, 0.3) is 0 Å². The van der Waals surface area contributed by atoms with Crippen LogP contribution < -0.4 is 4.74 Å². The average molecular weight is 184 g/mol. The fraction of sp³-hybridized carbons (Fsp3) is 0.667. The van der Waals surface area contributed by atoms with Gasteiger partial charge in [0.25, 0.3) is 0 Å². The standard InChI is InChI=1S/C9H16N2O2/c1-7(2)13-9-8(3)6-11(10-9)4-5-12/h6-7,12H,4-5H2,1-3H3. The van der Waals surface area contributed by atoms with Crippen molar-refractivity contribution in [2.24, 2.45) is 0 Å². The molecule has 1 aromatic rings. The molecular formula is C9H16N2O2. The van der Waals surface area contributed by atoms with Gasteiger partial charge in [-0.2, -0.15) is 0 Å². The van der Waals surface area contributed by atoms with Crippen LogP contribution in [0.15, 0.2) is 6.20 Å². The molecule has 0 aliphatic carbocycles. The normalized spacial score (nSPS) is 10.8. The van der Waals surface area contributed by atoms with Gasteiger partial charge in [-0.25, -0.2) is 0 Å². The highest BCUT2D eigenvalue weighted by molar-refractivity contribution is 5.21. The molecule has 0 aliphatic heterocycles. The van der Waals surface area contributed by atoms with Crippen molar-refractivity contribution in [3.63, 3.8) is 0 Å². The van der Waals surface area contributed by atoms with E-state index < -0.39 is 0 Å². The second kappa shape index (κ2) is 4.28.